The molecule has 0 saturated heterocycles. The molecule has 0 aliphatic heterocycles. The lowest BCUT2D eigenvalue weighted by Crippen LogP contribution is -2.15. The van der Waals surface area contributed by atoms with Gasteiger partial charge in [0.2, 0.25) is 0 Å². The van der Waals surface area contributed by atoms with E-state index in [0.717, 1.165) is 28.4 Å². The zero-order chi connectivity index (χ0) is 30.4. The molecule has 1 aliphatic rings. The molecule has 216 valence electrons. The molecule has 0 fully saturated rings. The van der Waals surface area contributed by atoms with Crippen LogP contribution >= 0.6 is 0 Å². The first kappa shape index (κ1) is 27.0. The molecule has 7 aromatic rings. The van der Waals surface area contributed by atoms with Crippen molar-refractivity contribution in [3.05, 3.63) is 175 Å². The third kappa shape index (κ3) is 4.85. The van der Waals surface area contributed by atoms with Gasteiger partial charge in [-0.1, -0.05) is 117 Å². The van der Waals surface area contributed by atoms with E-state index < -0.39 is 0 Å². The average molecular weight is 579 g/mol. The van der Waals surface area contributed by atoms with Crippen molar-refractivity contribution in [1.29, 1.82) is 0 Å². The molecule has 0 heterocycles. The van der Waals surface area contributed by atoms with Crippen LogP contribution in [0.25, 0.3) is 33.0 Å². The number of benzene rings is 7. The molecule has 1 aliphatic carbocycles. The quantitative estimate of drug-likeness (QED) is 0.211. The van der Waals surface area contributed by atoms with Gasteiger partial charge < -0.3 is 10.2 Å². The van der Waals surface area contributed by atoms with Crippen molar-refractivity contribution in [2.75, 3.05) is 10.2 Å². The minimum atomic E-state index is -0.0149. The van der Waals surface area contributed by atoms with E-state index in [9.17, 15) is 0 Å². The Morgan fingerprint density at radius 2 is 1.09 bits per heavy atom. The summed E-state index contributed by atoms with van der Waals surface area (Å²) < 4.78 is 0. The molecule has 1 N–H and O–H groups in total. The Hall–Kier alpha value is -5.60. The lowest BCUT2D eigenvalue weighted by Gasteiger charge is -2.26. The van der Waals surface area contributed by atoms with Gasteiger partial charge in [-0.2, -0.15) is 0 Å². The fraction of sp³-hybridized carbons (Fsp3) is 0.0698. The van der Waals surface area contributed by atoms with E-state index in [1.165, 1.54) is 44.2 Å². The summed E-state index contributed by atoms with van der Waals surface area (Å²) in [5.74, 6) is 0. The zero-order valence-electron chi connectivity index (χ0n) is 25.5. The molecule has 0 unspecified atom stereocenters. The van der Waals surface area contributed by atoms with Crippen LogP contribution in [0.2, 0.25) is 0 Å². The monoisotopic (exact) mass is 578 g/mol. The molecule has 2 heteroatoms. The SMILES string of the molecule is CC1(C)c2ccccc2-c2ccc(Nc3ccc(-c4cccc(N(c5ccccc5)c5ccc6ccccc6c5)c4)cc3)cc21. The van der Waals surface area contributed by atoms with Crippen molar-refractivity contribution in [2.24, 2.45) is 0 Å². The number of fused-ring (bicyclic) bond motifs is 4. The van der Waals surface area contributed by atoms with Gasteiger partial charge in [-0.05, 0) is 105 Å². The summed E-state index contributed by atoms with van der Waals surface area (Å²) in [6, 6.07) is 58.9. The maximum atomic E-state index is 3.66. The van der Waals surface area contributed by atoms with Crippen LogP contribution in [0.3, 0.4) is 0 Å². The van der Waals surface area contributed by atoms with E-state index in [1.807, 2.05) is 0 Å². The fourth-order valence-corrected chi connectivity index (χ4v) is 6.86. The predicted octanol–water partition coefficient (Wildman–Crippen LogP) is 12.0. The molecule has 0 radical (unpaired) electrons. The van der Waals surface area contributed by atoms with Crippen LogP contribution in [0.1, 0.15) is 25.0 Å². The summed E-state index contributed by atoms with van der Waals surface area (Å²) in [4.78, 5) is 2.33. The van der Waals surface area contributed by atoms with Crippen LogP contribution in [-0.2, 0) is 5.41 Å². The molecule has 0 aromatic heterocycles. The molecular weight excluding hydrogens is 544 g/mol. The number of nitrogens with zero attached hydrogens (tertiary/aromatic N) is 1. The molecule has 7 aromatic carbocycles. The third-order valence-electron chi connectivity index (χ3n) is 9.20. The van der Waals surface area contributed by atoms with Crippen LogP contribution in [0.15, 0.2) is 164 Å². The minimum Gasteiger partial charge on any atom is -0.356 e. The Bertz CT molecular complexity index is 2160. The molecular formula is C43H34N2. The minimum absolute atomic E-state index is 0.0149. The van der Waals surface area contributed by atoms with Crippen LogP contribution in [0.4, 0.5) is 28.4 Å². The van der Waals surface area contributed by atoms with Crippen LogP contribution in [0, 0.1) is 0 Å². The van der Waals surface area contributed by atoms with Crippen molar-refractivity contribution in [3.63, 3.8) is 0 Å². The summed E-state index contributed by atoms with van der Waals surface area (Å²) in [7, 11) is 0. The van der Waals surface area contributed by atoms with E-state index in [-0.39, 0.29) is 5.41 Å². The van der Waals surface area contributed by atoms with E-state index in [4.69, 9.17) is 0 Å². The molecule has 0 amide bonds. The first-order valence-corrected chi connectivity index (χ1v) is 15.6. The van der Waals surface area contributed by atoms with Crippen LogP contribution in [-0.4, -0.2) is 0 Å². The van der Waals surface area contributed by atoms with Crippen molar-refractivity contribution in [2.45, 2.75) is 19.3 Å². The fourth-order valence-electron chi connectivity index (χ4n) is 6.86. The van der Waals surface area contributed by atoms with Gasteiger partial charge in [-0.15, -0.1) is 0 Å². The van der Waals surface area contributed by atoms with Crippen LogP contribution < -0.4 is 10.2 Å². The van der Waals surface area contributed by atoms with Gasteiger partial charge in [0, 0.05) is 33.9 Å². The summed E-state index contributed by atoms with van der Waals surface area (Å²) in [6.45, 7) is 4.65. The Morgan fingerprint density at radius 3 is 1.93 bits per heavy atom. The number of hydrogen-bond acceptors (Lipinski definition) is 2. The lowest BCUT2D eigenvalue weighted by atomic mass is 9.82. The molecule has 8 rings (SSSR count). The van der Waals surface area contributed by atoms with Crippen molar-refractivity contribution >= 4 is 39.2 Å². The highest BCUT2D eigenvalue weighted by molar-refractivity contribution is 5.90. The number of rotatable bonds is 6. The highest BCUT2D eigenvalue weighted by Gasteiger charge is 2.35. The van der Waals surface area contributed by atoms with E-state index in [2.05, 4.69) is 188 Å². The van der Waals surface area contributed by atoms with E-state index in [0.29, 0.717) is 0 Å². The maximum Gasteiger partial charge on any atom is 0.0468 e. The highest BCUT2D eigenvalue weighted by Crippen LogP contribution is 2.49. The maximum absolute atomic E-state index is 3.66. The smallest absolute Gasteiger partial charge is 0.0468 e. The Balaban J connectivity index is 1.09. The molecule has 45 heavy (non-hydrogen) atoms. The summed E-state index contributed by atoms with van der Waals surface area (Å²) >= 11 is 0. The highest BCUT2D eigenvalue weighted by atomic mass is 15.1. The standard InChI is InChI=1S/C43H34N2/c1-43(2)41-18-9-8-17-39(41)40-26-24-35(29-42(40)43)44-34-22-19-31(20-23-34)33-13-10-16-37(27-33)45(36-14-4-3-5-15-36)38-25-21-30-11-6-7-12-32(30)28-38/h3-29,44H,1-2H3. The first-order valence-electron chi connectivity index (χ1n) is 15.6. The lowest BCUT2D eigenvalue weighted by molar-refractivity contribution is 0.660. The molecule has 0 spiro atoms. The topological polar surface area (TPSA) is 15.3 Å². The number of anilines is 5. The average Bonchev–Trinajstić information content (AvgIpc) is 3.31. The van der Waals surface area contributed by atoms with E-state index >= 15 is 0 Å². The van der Waals surface area contributed by atoms with Gasteiger partial charge in [-0.25, -0.2) is 0 Å². The number of hydrogen-bond donors (Lipinski definition) is 1. The van der Waals surface area contributed by atoms with Crippen molar-refractivity contribution < 1.29 is 0 Å². The first-order chi connectivity index (χ1) is 22.0. The van der Waals surface area contributed by atoms with Gasteiger partial charge in [0.25, 0.3) is 0 Å². The van der Waals surface area contributed by atoms with Crippen LogP contribution in [0.5, 0.6) is 0 Å². The second-order valence-electron chi connectivity index (χ2n) is 12.4. The van der Waals surface area contributed by atoms with E-state index in [1.54, 1.807) is 0 Å². The second kappa shape index (κ2) is 10.8. The van der Waals surface area contributed by atoms with Gasteiger partial charge in [0.05, 0.1) is 0 Å². The Morgan fingerprint density at radius 1 is 0.422 bits per heavy atom. The van der Waals surface area contributed by atoms with Gasteiger partial charge in [0.1, 0.15) is 0 Å². The summed E-state index contributed by atoms with van der Waals surface area (Å²) in [5.41, 5.74) is 13.4. The molecule has 0 saturated carbocycles. The summed E-state index contributed by atoms with van der Waals surface area (Å²) in [5, 5.41) is 6.13. The largest absolute Gasteiger partial charge is 0.356 e. The normalized spacial score (nSPS) is 12.8. The molecule has 0 bridgehead atoms. The number of nitrogens with one attached hydrogen (secondary N) is 1. The second-order valence-corrected chi connectivity index (χ2v) is 12.4. The van der Waals surface area contributed by atoms with Crippen molar-refractivity contribution in [3.8, 4) is 22.3 Å². The number of para-hydroxylation sites is 1. The Labute approximate surface area is 265 Å². The third-order valence-corrected chi connectivity index (χ3v) is 9.20. The zero-order valence-corrected chi connectivity index (χ0v) is 25.5. The van der Waals surface area contributed by atoms with Crippen molar-refractivity contribution in [1.82, 2.24) is 0 Å². The van der Waals surface area contributed by atoms with Gasteiger partial charge in [-0.3, -0.25) is 0 Å². The molecule has 0 atom stereocenters. The molecule has 2 nitrogen and oxygen atoms in total. The van der Waals surface area contributed by atoms with Gasteiger partial charge in [0.15, 0.2) is 0 Å². The summed E-state index contributed by atoms with van der Waals surface area (Å²) in [6.07, 6.45) is 0. The van der Waals surface area contributed by atoms with Gasteiger partial charge >= 0.3 is 0 Å². The predicted molar refractivity (Wildman–Crippen MR) is 191 cm³/mol. The Kier molecular flexibility index (Phi) is 6.50.